The summed E-state index contributed by atoms with van der Waals surface area (Å²) in [6.45, 7) is 10.6. The quantitative estimate of drug-likeness (QED) is 0.761. The van der Waals surface area contributed by atoms with Crippen LogP contribution in [0.5, 0.6) is 0 Å². The molecule has 1 atom stereocenters. The minimum atomic E-state index is -0.236. The Morgan fingerprint density at radius 2 is 2.10 bits per heavy atom. The van der Waals surface area contributed by atoms with Crippen molar-refractivity contribution in [1.29, 1.82) is 0 Å². The molecule has 0 N–H and O–H groups in total. The van der Waals surface area contributed by atoms with E-state index in [-0.39, 0.29) is 12.2 Å². The molecule has 2 rings (SSSR count). The summed E-state index contributed by atoms with van der Waals surface area (Å²) in [7, 11) is 0. The van der Waals surface area contributed by atoms with Gasteiger partial charge in [-0.25, -0.2) is 4.79 Å². The normalized spacial score (nSPS) is 18.9. The van der Waals surface area contributed by atoms with E-state index >= 15 is 0 Å². The maximum absolute atomic E-state index is 11.6. The summed E-state index contributed by atoms with van der Waals surface area (Å²) in [6, 6.07) is 8.09. The molecule has 1 fully saturated rings. The molecule has 3 nitrogen and oxygen atoms in total. The van der Waals surface area contributed by atoms with Crippen molar-refractivity contribution in [2.45, 2.75) is 19.6 Å². The second-order valence-corrected chi connectivity index (χ2v) is 4.83. The van der Waals surface area contributed by atoms with Crippen LogP contribution in [-0.4, -0.2) is 23.6 Å². The lowest BCUT2D eigenvalue weighted by molar-refractivity contribution is 0.137. The first-order valence-corrected chi connectivity index (χ1v) is 6.64. The third-order valence-corrected chi connectivity index (χ3v) is 3.22. The van der Waals surface area contributed by atoms with E-state index in [9.17, 15) is 4.79 Å². The van der Waals surface area contributed by atoms with Crippen molar-refractivity contribution in [2.24, 2.45) is 0 Å². The first-order valence-electron chi connectivity index (χ1n) is 6.64. The van der Waals surface area contributed by atoms with Crippen LogP contribution in [0.2, 0.25) is 0 Å². The minimum absolute atomic E-state index is 0.0235. The number of rotatable bonds is 5. The third kappa shape index (κ3) is 3.18. The van der Waals surface area contributed by atoms with Crippen LogP contribution in [0.15, 0.2) is 55.7 Å². The maximum Gasteiger partial charge on any atom is 0.410 e. The van der Waals surface area contributed by atoms with Gasteiger partial charge in [-0.05, 0) is 23.6 Å². The number of carbonyl (C=O) groups excluding carboxylic acids is 1. The van der Waals surface area contributed by atoms with E-state index in [4.69, 9.17) is 4.74 Å². The van der Waals surface area contributed by atoms with Crippen LogP contribution in [0.25, 0.3) is 5.57 Å². The molecule has 0 aromatic heterocycles. The van der Waals surface area contributed by atoms with E-state index in [1.807, 2.05) is 37.3 Å². The van der Waals surface area contributed by atoms with Crippen LogP contribution in [0, 0.1) is 0 Å². The van der Waals surface area contributed by atoms with Gasteiger partial charge in [0, 0.05) is 6.54 Å². The van der Waals surface area contributed by atoms with Gasteiger partial charge >= 0.3 is 6.09 Å². The summed E-state index contributed by atoms with van der Waals surface area (Å²) in [5.74, 6) is 0. The lowest BCUT2D eigenvalue weighted by Crippen LogP contribution is -2.24. The zero-order valence-electron chi connectivity index (χ0n) is 11.7. The molecule has 104 valence electrons. The number of amides is 1. The Morgan fingerprint density at radius 3 is 2.60 bits per heavy atom. The van der Waals surface area contributed by atoms with Crippen molar-refractivity contribution < 1.29 is 9.53 Å². The highest BCUT2D eigenvalue weighted by Crippen LogP contribution is 2.19. The standard InChI is InChI=1S/C17H19NO2/c1-4-6-15(5-2)16-9-7-14(8-10-16)12-18-11-13(3)20-17(18)19/h4-10,13H,1-2,11-12H2,3H3/b15-6+. The Balaban J connectivity index is 2.09. The number of nitrogens with zero attached hydrogens (tertiary/aromatic N) is 1. The van der Waals surface area contributed by atoms with E-state index in [0.29, 0.717) is 13.1 Å². The molecule has 0 aliphatic carbocycles. The molecule has 1 saturated heterocycles. The number of carbonyl (C=O) groups is 1. The highest BCUT2D eigenvalue weighted by molar-refractivity contribution is 5.74. The lowest BCUT2D eigenvalue weighted by Gasteiger charge is -2.13. The van der Waals surface area contributed by atoms with Gasteiger partial charge in [0.05, 0.1) is 6.54 Å². The highest BCUT2D eigenvalue weighted by atomic mass is 16.6. The molecule has 0 spiro atoms. The number of cyclic esters (lactones) is 1. The van der Waals surface area contributed by atoms with Gasteiger partial charge in [-0.1, -0.05) is 55.7 Å². The topological polar surface area (TPSA) is 29.5 Å². The van der Waals surface area contributed by atoms with Crippen LogP contribution in [0.1, 0.15) is 18.1 Å². The minimum Gasteiger partial charge on any atom is -0.444 e. The van der Waals surface area contributed by atoms with Gasteiger partial charge in [0.1, 0.15) is 6.10 Å². The molecule has 0 bridgehead atoms. The predicted molar refractivity (Wildman–Crippen MR) is 81.2 cm³/mol. The Kier molecular flexibility index (Phi) is 4.41. The van der Waals surface area contributed by atoms with Crippen LogP contribution in [0.3, 0.4) is 0 Å². The van der Waals surface area contributed by atoms with Gasteiger partial charge in [-0.3, -0.25) is 0 Å². The summed E-state index contributed by atoms with van der Waals surface area (Å²) >= 11 is 0. The molecule has 1 amide bonds. The summed E-state index contributed by atoms with van der Waals surface area (Å²) in [6.07, 6.45) is 5.20. The first-order chi connectivity index (χ1) is 9.63. The fraction of sp³-hybridized carbons (Fsp3) is 0.235. The van der Waals surface area contributed by atoms with Crippen LogP contribution >= 0.6 is 0 Å². The monoisotopic (exact) mass is 269 g/mol. The molecule has 0 saturated carbocycles. The first kappa shape index (κ1) is 14.1. The SMILES string of the molecule is C=C/C=C(\C=C)c1ccc(CN2CC(C)OC2=O)cc1. The molecule has 20 heavy (non-hydrogen) atoms. The molecule has 3 heteroatoms. The second-order valence-electron chi connectivity index (χ2n) is 4.83. The Hall–Kier alpha value is -2.29. The summed E-state index contributed by atoms with van der Waals surface area (Å²) in [5, 5.41) is 0. The molecule has 1 heterocycles. The molecular formula is C17H19NO2. The van der Waals surface area contributed by atoms with Crippen molar-refractivity contribution in [1.82, 2.24) is 4.90 Å². The zero-order chi connectivity index (χ0) is 14.5. The van der Waals surface area contributed by atoms with Gasteiger partial charge < -0.3 is 9.64 Å². The molecule has 1 aromatic carbocycles. The van der Waals surface area contributed by atoms with Crippen molar-refractivity contribution in [3.8, 4) is 0 Å². The average Bonchev–Trinajstić information content (AvgIpc) is 2.75. The maximum atomic E-state index is 11.6. The van der Waals surface area contributed by atoms with Crippen LogP contribution in [-0.2, 0) is 11.3 Å². The fourth-order valence-electron chi connectivity index (χ4n) is 2.23. The number of benzene rings is 1. The predicted octanol–water partition coefficient (Wildman–Crippen LogP) is 3.78. The van der Waals surface area contributed by atoms with Gasteiger partial charge in [0.15, 0.2) is 0 Å². The Morgan fingerprint density at radius 1 is 1.40 bits per heavy atom. The van der Waals surface area contributed by atoms with Crippen molar-refractivity contribution in [3.05, 3.63) is 66.8 Å². The Labute approximate surface area is 119 Å². The summed E-state index contributed by atoms with van der Waals surface area (Å²) in [5.41, 5.74) is 3.20. The van der Waals surface area contributed by atoms with E-state index in [0.717, 1.165) is 16.7 Å². The molecule has 1 aliphatic rings. The van der Waals surface area contributed by atoms with Crippen molar-refractivity contribution in [2.75, 3.05) is 6.54 Å². The van der Waals surface area contributed by atoms with Crippen molar-refractivity contribution >= 4 is 11.7 Å². The molecule has 1 aromatic rings. The van der Waals surface area contributed by atoms with E-state index < -0.39 is 0 Å². The zero-order valence-corrected chi connectivity index (χ0v) is 11.7. The lowest BCUT2D eigenvalue weighted by atomic mass is 10.0. The molecular weight excluding hydrogens is 250 g/mol. The number of hydrogen-bond donors (Lipinski definition) is 0. The highest BCUT2D eigenvalue weighted by Gasteiger charge is 2.27. The van der Waals surface area contributed by atoms with Crippen LogP contribution in [0.4, 0.5) is 4.79 Å². The van der Waals surface area contributed by atoms with E-state index in [1.54, 1.807) is 17.1 Å². The van der Waals surface area contributed by atoms with Gasteiger partial charge in [-0.15, -0.1) is 0 Å². The van der Waals surface area contributed by atoms with E-state index in [2.05, 4.69) is 13.2 Å². The third-order valence-electron chi connectivity index (χ3n) is 3.22. The number of ether oxygens (including phenoxy) is 1. The summed E-state index contributed by atoms with van der Waals surface area (Å²) in [4.78, 5) is 13.3. The summed E-state index contributed by atoms with van der Waals surface area (Å²) < 4.78 is 5.11. The van der Waals surface area contributed by atoms with Gasteiger partial charge in [-0.2, -0.15) is 0 Å². The molecule has 0 radical (unpaired) electrons. The molecule has 1 unspecified atom stereocenters. The smallest absolute Gasteiger partial charge is 0.410 e. The van der Waals surface area contributed by atoms with E-state index in [1.165, 1.54) is 0 Å². The second kappa shape index (κ2) is 6.24. The number of hydrogen-bond acceptors (Lipinski definition) is 2. The molecule has 1 aliphatic heterocycles. The Bertz CT molecular complexity index is 543. The van der Waals surface area contributed by atoms with Gasteiger partial charge in [0.25, 0.3) is 0 Å². The van der Waals surface area contributed by atoms with Gasteiger partial charge in [0.2, 0.25) is 0 Å². The average molecular weight is 269 g/mol. The number of allylic oxidation sites excluding steroid dienone is 4. The largest absolute Gasteiger partial charge is 0.444 e. The van der Waals surface area contributed by atoms with Crippen molar-refractivity contribution in [3.63, 3.8) is 0 Å². The fourth-order valence-corrected chi connectivity index (χ4v) is 2.23. The van der Waals surface area contributed by atoms with Crippen LogP contribution < -0.4 is 0 Å².